The van der Waals surface area contributed by atoms with Crippen LogP contribution < -0.4 is 10.1 Å². The maximum Gasteiger partial charge on any atom is 0.416 e. The molecule has 0 aliphatic carbocycles. The van der Waals surface area contributed by atoms with E-state index in [9.17, 15) is 18.0 Å². The molecule has 0 bridgehead atoms. The van der Waals surface area contributed by atoms with E-state index in [1.807, 2.05) is 30.5 Å². The highest BCUT2D eigenvalue weighted by Gasteiger charge is 2.30. The first-order valence-electron chi connectivity index (χ1n) is 10.9. The van der Waals surface area contributed by atoms with Crippen molar-refractivity contribution in [1.82, 2.24) is 5.32 Å². The van der Waals surface area contributed by atoms with Gasteiger partial charge in [-0.15, -0.1) is 11.3 Å². The summed E-state index contributed by atoms with van der Waals surface area (Å²) < 4.78 is 45.4. The van der Waals surface area contributed by atoms with Crippen molar-refractivity contribution in [2.24, 2.45) is 0 Å². The predicted molar refractivity (Wildman–Crippen MR) is 133 cm³/mol. The Hall–Kier alpha value is -3.84. The zero-order valence-corrected chi connectivity index (χ0v) is 19.4. The second kappa shape index (κ2) is 9.07. The lowest BCUT2D eigenvalue weighted by molar-refractivity contribution is -0.137. The molecule has 0 aliphatic heterocycles. The second-order valence-electron chi connectivity index (χ2n) is 8.20. The average Bonchev–Trinajstić information content (AvgIpc) is 3.33. The van der Waals surface area contributed by atoms with Crippen molar-refractivity contribution in [3.63, 3.8) is 0 Å². The van der Waals surface area contributed by atoms with Crippen molar-refractivity contribution < 1.29 is 22.7 Å². The first kappa shape index (κ1) is 22.9. The van der Waals surface area contributed by atoms with Crippen LogP contribution in [-0.2, 0) is 6.18 Å². The summed E-state index contributed by atoms with van der Waals surface area (Å²) in [7, 11) is 0. The lowest BCUT2D eigenvalue weighted by Gasteiger charge is -2.16. The summed E-state index contributed by atoms with van der Waals surface area (Å²) in [6.45, 7) is 1.96. The van der Waals surface area contributed by atoms with Gasteiger partial charge >= 0.3 is 6.18 Å². The molecule has 0 spiro atoms. The monoisotopic (exact) mass is 491 g/mol. The molecular formula is C28H20F3NO2S. The Kier molecular flexibility index (Phi) is 5.94. The smallest absolute Gasteiger partial charge is 0.416 e. The summed E-state index contributed by atoms with van der Waals surface area (Å²) in [4.78, 5) is 13.0. The van der Waals surface area contributed by atoms with Gasteiger partial charge < -0.3 is 10.1 Å². The number of carbonyl (C=O) groups excluding carboxylic acids is 1. The van der Waals surface area contributed by atoms with E-state index in [0.29, 0.717) is 17.1 Å². The average molecular weight is 492 g/mol. The fourth-order valence-corrected chi connectivity index (χ4v) is 5.04. The Morgan fingerprint density at radius 1 is 0.914 bits per heavy atom. The number of amides is 1. The predicted octanol–water partition coefficient (Wildman–Crippen LogP) is 8.36. The van der Waals surface area contributed by atoms with Gasteiger partial charge in [-0.2, -0.15) is 13.2 Å². The van der Waals surface area contributed by atoms with Crippen LogP contribution in [0.4, 0.5) is 13.2 Å². The number of hydrogen-bond acceptors (Lipinski definition) is 3. The van der Waals surface area contributed by atoms with Crippen LogP contribution in [0.2, 0.25) is 0 Å². The van der Waals surface area contributed by atoms with Crippen molar-refractivity contribution in [2.75, 3.05) is 0 Å². The normalized spacial score (nSPS) is 12.6. The van der Waals surface area contributed by atoms with Crippen LogP contribution in [0.15, 0.2) is 90.3 Å². The summed E-state index contributed by atoms with van der Waals surface area (Å²) in [5.41, 5.74) is 0.844. The molecular weight excluding hydrogens is 471 g/mol. The number of fused-ring (bicyclic) bond motifs is 2. The van der Waals surface area contributed by atoms with Crippen molar-refractivity contribution >= 4 is 38.1 Å². The second-order valence-corrected chi connectivity index (χ2v) is 9.11. The van der Waals surface area contributed by atoms with Gasteiger partial charge in [-0.05, 0) is 83.2 Å². The molecule has 3 nitrogen and oxygen atoms in total. The largest absolute Gasteiger partial charge is 0.457 e. The van der Waals surface area contributed by atoms with Crippen LogP contribution in [0, 0.1) is 0 Å². The first-order valence-corrected chi connectivity index (χ1v) is 11.8. The Morgan fingerprint density at radius 3 is 2.43 bits per heavy atom. The number of ether oxygens (including phenoxy) is 1. The van der Waals surface area contributed by atoms with Crippen LogP contribution in [0.25, 0.3) is 20.9 Å². The molecule has 1 aromatic heterocycles. The molecule has 7 heteroatoms. The number of alkyl halides is 3. The minimum Gasteiger partial charge on any atom is -0.457 e. The number of hydrogen-bond donors (Lipinski definition) is 1. The SMILES string of the molecule is C[C@@H](NC(=O)c1ccc2c(Oc3ccc(C(F)(F)F)cc3)cccc2c1)c1cccc2ccsc12. The van der Waals surface area contributed by atoms with Gasteiger partial charge in [-0.3, -0.25) is 4.79 Å². The van der Waals surface area contributed by atoms with Crippen LogP contribution in [-0.4, -0.2) is 5.91 Å². The summed E-state index contributed by atoms with van der Waals surface area (Å²) in [6, 6.07) is 23.2. The fourth-order valence-electron chi connectivity index (χ4n) is 4.04. The number of benzene rings is 4. The standard InChI is InChI=1S/C28H20F3NO2S/c1-17(23-6-2-4-18-14-15-35-26(18)23)32-27(33)20-8-13-24-19(16-20)5-3-7-25(24)34-22-11-9-21(10-12-22)28(29,30)31/h2-17H,1H3,(H,32,33)/t17-/m1/s1. The number of halogens is 3. The number of rotatable bonds is 5. The molecule has 0 radical (unpaired) electrons. The minimum absolute atomic E-state index is 0.171. The summed E-state index contributed by atoms with van der Waals surface area (Å²) in [5.74, 6) is 0.595. The number of thiophene rings is 1. The number of carbonyl (C=O) groups is 1. The Morgan fingerprint density at radius 2 is 1.66 bits per heavy atom. The molecule has 176 valence electrons. The third-order valence-electron chi connectivity index (χ3n) is 5.84. The van der Waals surface area contributed by atoms with Gasteiger partial charge in [0, 0.05) is 15.6 Å². The molecule has 0 saturated carbocycles. The summed E-state index contributed by atoms with van der Waals surface area (Å²) >= 11 is 1.65. The Balaban J connectivity index is 1.36. The zero-order valence-electron chi connectivity index (χ0n) is 18.6. The lowest BCUT2D eigenvalue weighted by atomic mass is 10.0. The molecule has 1 N–H and O–H groups in total. The molecule has 1 amide bonds. The quantitative estimate of drug-likeness (QED) is 0.268. The van der Waals surface area contributed by atoms with Gasteiger partial charge in [0.15, 0.2) is 0 Å². The molecule has 5 rings (SSSR count). The maximum atomic E-state index is 13.0. The Labute approximate surface area is 203 Å². The van der Waals surface area contributed by atoms with Crippen molar-refractivity contribution in [2.45, 2.75) is 19.1 Å². The molecule has 0 saturated heterocycles. The highest BCUT2D eigenvalue weighted by atomic mass is 32.1. The van der Waals surface area contributed by atoms with E-state index >= 15 is 0 Å². The third-order valence-corrected chi connectivity index (χ3v) is 6.81. The number of nitrogens with one attached hydrogen (secondary N) is 1. The van der Waals surface area contributed by atoms with E-state index in [0.717, 1.165) is 38.6 Å². The van der Waals surface area contributed by atoms with Gasteiger partial charge in [-0.25, -0.2) is 0 Å². The van der Waals surface area contributed by atoms with Gasteiger partial charge in [0.25, 0.3) is 5.91 Å². The van der Waals surface area contributed by atoms with E-state index in [2.05, 4.69) is 17.4 Å². The van der Waals surface area contributed by atoms with Crippen LogP contribution in [0.3, 0.4) is 0 Å². The Bertz CT molecular complexity index is 1520. The topological polar surface area (TPSA) is 38.3 Å². The zero-order chi connectivity index (χ0) is 24.6. The van der Waals surface area contributed by atoms with E-state index in [1.165, 1.54) is 12.1 Å². The molecule has 5 aromatic rings. The molecule has 35 heavy (non-hydrogen) atoms. The highest BCUT2D eigenvalue weighted by Crippen LogP contribution is 2.34. The van der Waals surface area contributed by atoms with E-state index < -0.39 is 11.7 Å². The fraction of sp³-hybridized carbons (Fsp3) is 0.107. The lowest BCUT2D eigenvalue weighted by Crippen LogP contribution is -2.26. The molecule has 0 unspecified atom stereocenters. The van der Waals surface area contributed by atoms with Crippen molar-refractivity contribution in [1.29, 1.82) is 0 Å². The maximum absolute atomic E-state index is 13.0. The van der Waals surface area contributed by atoms with Crippen LogP contribution in [0.5, 0.6) is 11.5 Å². The molecule has 1 atom stereocenters. The highest BCUT2D eigenvalue weighted by molar-refractivity contribution is 7.17. The van der Waals surface area contributed by atoms with Crippen LogP contribution in [0.1, 0.15) is 34.5 Å². The first-order chi connectivity index (χ1) is 16.8. The van der Waals surface area contributed by atoms with Gasteiger partial charge in [0.1, 0.15) is 11.5 Å². The molecule has 1 heterocycles. The third kappa shape index (κ3) is 4.72. The molecule has 4 aromatic carbocycles. The van der Waals surface area contributed by atoms with Crippen molar-refractivity contribution in [3.05, 3.63) is 107 Å². The van der Waals surface area contributed by atoms with Gasteiger partial charge in [0.05, 0.1) is 11.6 Å². The minimum atomic E-state index is -4.40. The van der Waals surface area contributed by atoms with Crippen LogP contribution >= 0.6 is 11.3 Å². The molecule has 0 fully saturated rings. The van der Waals surface area contributed by atoms with E-state index in [-0.39, 0.29) is 11.9 Å². The van der Waals surface area contributed by atoms with E-state index in [1.54, 1.807) is 41.7 Å². The van der Waals surface area contributed by atoms with Crippen molar-refractivity contribution in [3.8, 4) is 11.5 Å². The molecule has 0 aliphatic rings. The van der Waals surface area contributed by atoms with Gasteiger partial charge in [0.2, 0.25) is 0 Å². The van der Waals surface area contributed by atoms with E-state index in [4.69, 9.17) is 4.74 Å². The summed E-state index contributed by atoms with van der Waals surface area (Å²) in [6.07, 6.45) is -4.40. The summed E-state index contributed by atoms with van der Waals surface area (Å²) in [5, 5.41) is 7.80. The van der Waals surface area contributed by atoms with Gasteiger partial charge in [-0.1, -0.05) is 30.3 Å².